The molecule has 98 valence electrons. The van der Waals surface area contributed by atoms with Gasteiger partial charge >= 0.3 is 0 Å². The van der Waals surface area contributed by atoms with Gasteiger partial charge in [-0.3, -0.25) is 0 Å². The number of benzene rings is 1. The van der Waals surface area contributed by atoms with E-state index in [1.165, 1.54) is 0 Å². The molecule has 0 fully saturated rings. The molecule has 2 N–H and O–H groups in total. The number of nitrogens with two attached hydrogens (primary N) is 1. The van der Waals surface area contributed by atoms with E-state index < -0.39 is 0 Å². The van der Waals surface area contributed by atoms with Crippen LogP contribution < -0.4 is 5.73 Å². The standard InChI is InChI=1S/C14H19BrN2O/c1-14(2,3)7-9(8-16)13-17-11-6-10(15)4-5-12(11)18-13/h4-6,9H,7-8,16H2,1-3H3. The Bertz CT molecular complexity index is 542. The van der Waals surface area contributed by atoms with Gasteiger partial charge in [0.2, 0.25) is 0 Å². The number of fused-ring (bicyclic) bond motifs is 1. The van der Waals surface area contributed by atoms with Gasteiger partial charge in [0.15, 0.2) is 11.5 Å². The first-order valence-electron chi connectivity index (χ1n) is 6.15. The number of oxazole rings is 1. The van der Waals surface area contributed by atoms with Crippen molar-refractivity contribution >= 4 is 27.0 Å². The van der Waals surface area contributed by atoms with Gasteiger partial charge in [0, 0.05) is 16.9 Å². The fourth-order valence-corrected chi connectivity index (χ4v) is 2.45. The SMILES string of the molecule is CC(C)(C)CC(CN)c1nc2cc(Br)ccc2o1. The molecular weight excluding hydrogens is 292 g/mol. The van der Waals surface area contributed by atoms with Gasteiger partial charge in [-0.05, 0) is 30.0 Å². The number of hydrogen-bond donors (Lipinski definition) is 1. The normalized spacial score (nSPS) is 14.1. The van der Waals surface area contributed by atoms with Gasteiger partial charge in [-0.2, -0.15) is 0 Å². The second-order valence-corrected chi connectivity index (χ2v) is 6.78. The van der Waals surface area contributed by atoms with Crippen molar-refractivity contribution in [3.8, 4) is 0 Å². The van der Waals surface area contributed by atoms with Crippen molar-refractivity contribution in [3.63, 3.8) is 0 Å². The summed E-state index contributed by atoms with van der Waals surface area (Å²) < 4.78 is 6.82. The van der Waals surface area contributed by atoms with Crippen LogP contribution in [0.1, 0.15) is 39.0 Å². The van der Waals surface area contributed by atoms with Crippen LogP contribution in [0.15, 0.2) is 27.1 Å². The molecule has 0 amide bonds. The van der Waals surface area contributed by atoms with Gasteiger partial charge in [0.1, 0.15) is 5.52 Å². The molecule has 0 spiro atoms. The van der Waals surface area contributed by atoms with Crippen molar-refractivity contribution in [2.24, 2.45) is 11.1 Å². The first-order valence-corrected chi connectivity index (χ1v) is 6.94. The van der Waals surface area contributed by atoms with Crippen LogP contribution in [0.25, 0.3) is 11.1 Å². The maximum absolute atomic E-state index is 5.85. The molecule has 0 saturated carbocycles. The quantitative estimate of drug-likeness (QED) is 0.929. The van der Waals surface area contributed by atoms with Crippen molar-refractivity contribution < 1.29 is 4.42 Å². The van der Waals surface area contributed by atoms with Crippen LogP contribution >= 0.6 is 15.9 Å². The zero-order valence-corrected chi connectivity index (χ0v) is 12.6. The molecule has 0 aliphatic rings. The second kappa shape index (κ2) is 5.02. The molecule has 3 nitrogen and oxygen atoms in total. The average molecular weight is 311 g/mol. The summed E-state index contributed by atoms with van der Waals surface area (Å²) in [7, 11) is 0. The van der Waals surface area contributed by atoms with Crippen LogP contribution in [-0.2, 0) is 0 Å². The topological polar surface area (TPSA) is 52.0 Å². The summed E-state index contributed by atoms with van der Waals surface area (Å²) >= 11 is 3.44. The van der Waals surface area contributed by atoms with Crippen molar-refractivity contribution in [2.45, 2.75) is 33.1 Å². The Labute approximate surface area is 116 Å². The van der Waals surface area contributed by atoms with E-state index >= 15 is 0 Å². The van der Waals surface area contributed by atoms with Crippen molar-refractivity contribution in [1.29, 1.82) is 0 Å². The van der Waals surface area contributed by atoms with E-state index in [9.17, 15) is 0 Å². The summed E-state index contributed by atoms with van der Waals surface area (Å²) in [6.07, 6.45) is 0.970. The predicted molar refractivity (Wildman–Crippen MR) is 77.6 cm³/mol. The highest BCUT2D eigenvalue weighted by atomic mass is 79.9. The molecule has 0 aliphatic carbocycles. The summed E-state index contributed by atoms with van der Waals surface area (Å²) in [5.41, 5.74) is 7.77. The van der Waals surface area contributed by atoms with E-state index in [-0.39, 0.29) is 11.3 Å². The molecule has 2 aromatic rings. The highest BCUT2D eigenvalue weighted by Crippen LogP contribution is 2.32. The zero-order chi connectivity index (χ0) is 13.3. The van der Waals surface area contributed by atoms with E-state index in [1.54, 1.807) is 0 Å². The first kappa shape index (κ1) is 13.6. The Hall–Kier alpha value is -0.870. The Morgan fingerprint density at radius 2 is 2.11 bits per heavy atom. The fraction of sp³-hybridized carbons (Fsp3) is 0.500. The Morgan fingerprint density at radius 1 is 1.39 bits per heavy atom. The van der Waals surface area contributed by atoms with Crippen molar-refractivity contribution in [3.05, 3.63) is 28.6 Å². The lowest BCUT2D eigenvalue weighted by atomic mass is 9.84. The average Bonchev–Trinajstić information content (AvgIpc) is 2.67. The van der Waals surface area contributed by atoms with Crippen LogP contribution in [0, 0.1) is 5.41 Å². The summed E-state index contributed by atoms with van der Waals surface area (Å²) in [6.45, 7) is 7.17. The molecule has 0 saturated heterocycles. The van der Waals surface area contributed by atoms with E-state index in [4.69, 9.17) is 10.2 Å². The van der Waals surface area contributed by atoms with Crippen LogP contribution in [0.5, 0.6) is 0 Å². The molecular formula is C14H19BrN2O. The lowest BCUT2D eigenvalue weighted by molar-refractivity contribution is 0.314. The molecule has 18 heavy (non-hydrogen) atoms. The minimum atomic E-state index is 0.177. The summed E-state index contributed by atoms with van der Waals surface area (Å²) in [5.74, 6) is 0.928. The Morgan fingerprint density at radius 3 is 2.72 bits per heavy atom. The molecule has 1 atom stereocenters. The highest BCUT2D eigenvalue weighted by molar-refractivity contribution is 9.10. The molecule has 2 rings (SSSR count). The zero-order valence-electron chi connectivity index (χ0n) is 11.0. The number of aromatic nitrogens is 1. The molecule has 0 radical (unpaired) electrons. The maximum atomic E-state index is 5.85. The third-order valence-corrected chi connectivity index (χ3v) is 3.35. The molecule has 0 bridgehead atoms. The van der Waals surface area contributed by atoms with E-state index in [0.717, 1.165) is 27.9 Å². The summed E-state index contributed by atoms with van der Waals surface area (Å²) in [4.78, 5) is 4.55. The van der Waals surface area contributed by atoms with Crippen molar-refractivity contribution in [1.82, 2.24) is 4.98 Å². The van der Waals surface area contributed by atoms with Gasteiger partial charge in [-0.25, -0.2) is 4.98 Å². The number of rotatable bonds is 3. The second-order valence-electron chi connectivity index (χ2n) is 5.86. The lowest BCUT2D eigenvalue weighted by Crippen LogP contribution is -2.19. The highest BCUT2D eigenvalue weighted by Gasteiger charge is 2.23. The molecule has 1 aromatic heterocycles. The molecule has 4 heteroatoms. The fourth-order valence-electron chi connectivity index (χ4n) is 2.10. The largest absolute Gasteiger partial charge is 0.440 e. The van der Waals surface area contributed by atoms with Gasteiger partial charge in [0.25, 0.3) is 0 Å². The first-order chi connectivity index (χ1) is 8.39. The van der Waals surface area contributed by atoms with Crippen molar-refractivity contribution in [2.75, 3.05) is 6.54 Å². The smallest absolute Gasteiger partial charge is 0.199 e. The van der Waals surface area contributed by atoms with Crippen LogP contribution in [0.3, 0.4) is 0 Å². The lowest BCUT2D eigenvalue weighted by Gasteiger charge is -2.22. The van der Waals surface area contributed by atoms with Gasteiger partial charge in [-0.15, -0.1) is 0 Å². The summed E-state index contributed by atoms with van der Waals surface area (Å²) in [6, 6.07) is 5.85. The Balaban J connectivity index is 2.34. The molecule has 1 aromatic carbocycles. The minimum Gasteiger partial charge on any atom is -0.440 e. The third-order valence-electron chi connectivity index (χ3n) is 2.86. The van der Waals surface area contributed by atoms with E-state index in [2.05, 4.69) is 41.7 Å². The van der Waals surface area contributed by atoms with Crippen LogP contribution in [0.4, 0.5) is 0 Å². The third kappa shape index (κ3) is 3.12. The van der Waals surface area contributed by atoms with E-state index in [0.29, 0.717) is 6.54 Å². The van der Waals surface area contributed by atoms with Crippen LogP contribution in [-0.4, -0.2) is 11.5 Å². The van der Waals surface area contributed by atoms with Gasteiger partial charge < -0.3 is 10.2 Å². The minimum absolute atomic E-state index is 0.177. The number of hydrogen-bond acceptors (Lipinski definition) is 3. The van der Waals surface area contributed by atoms with E-state index in [1.807, 2.05) is 18.2 Å². The van der Waals surface area contributed by atoms with Gasteiger partial charge in [-0.1, -0.05) is 36.7 Å². The predicted octanol–water partition coefficient (Wildman–Crippen LogP) is 4.07. The number of halogens is 1. The van der Waals surface area contributed by atoms with Gasteiger partial charge in [0.05, 0.1) is 0 Å². The summed E-state index contributed by atoms with van der Waals surface area (Å²) in [5, 5.41) is 0. The molecule has 0 aliphatic heterocycles. The number of nitrogens with zero attached hydrogens (tertiary/aromatic N) is 1. The monoisotopic (exact) mass is 310 g/mol. The molecule has 1 unspecified atom stereocenters. The Kier molecular flexibility index (Phi) is 3.78. The maximum Gasteiger partial charge on any atom is 0.199 e. The van der Waals surface area contributed by atoms with Crippen LogP contribution in [0.2, 0.25) is 0 Å². The molecule has 1 heterocycles.